The number of ether oxygens (including phenoxy) is 1. The molecular formula is C45H52N4O3S. The lowest BCUT2D eigenvalue weighted by molar-refractivity contribution is 0.00285. The quantitative estimate of drug-likeness (QED) is 0.125. The molecule has 0 spiro atoms. The number of hydrogen-bond donors (Lipinski definition) is 2. The fourth-order valence-electron chi connectivity index (χ4n) is 7.72. The van der Waals surface area contributed by atoms with Gasteiger partial charge in [0.25, 0.3) is 5.91 Å². The summed E-state index contributed by atoms with van der Waals surface area (Å²) in [5, 5.41) is 7.98. The molecule has 1 aliphatic heterocycles. The Morgan fingerprint density at radius 3 is 2.04 bits per heavy atom. The molecule has 276 valence electrons. The zero-order valence-corrected chi connectivity index (χ0v) is 32.4. The van der Waals surface area contributed by atoms with E-state index in [1.165, 1.54) is 16.7 Å². The number of aromatic nitrogens is 1. The molecule has 8 heteroatoms. The molecule has 53 heavy (non-hydrogen) atoms. The fourth-order valence-corrected chi connectivity index (χ4v) is 9.41. The van der Waals surface area contributed by atoms with Gasteiger partial charge in [-0.15, -0.1) is 11.8 Å². The van der Waals surface area contributed by atoms with Crippen molar-refractivity contribution < 1.29 is 14.3 Å². The zero-order chi connectivity index (χ0) is 37.5. The number of unbranched alkanes of at least 4 members (excludes halogenated alkanes) is 1. The van der Waals surface area contributed by atoms with Gasteiger partial charge in [0.05, 0.1) is 21.9 Å². The second kappa shape index (κ2) is 16.6. The number of pyridine rings is 1. The van der Waals surface area contributed by atoms with Gasteiger partial charge in [-0.2, -0.15) is 0 Å². The van der Waals surface area contributed by atoms with Gasteiger partial charge in [-0.05, 0) is 68.9 Å². The number of para-hydroxylation sites is 1. The summed E-state index contributed by atoms with van der Waals surface area (Å²) in [6.07, 6.45) is 4.23. The van der Waals surface area contributed by atoms with Crippen LogP contribution in [0.5, 0.6) is 0 Å². The van der Waals surface area contributed by atoms with E-state index in [1.807, 2.05) is 67.8 Å². The van der Waals surface area contributed by atoms with E-state index in [0.29, 0.717) is 37.0 Å². The highest BCUT2D eigenvalue weighted by molar-refractivity contribution is 8.01. The number of alkyl carbamates (subject to hydrolysis) is 1. The molecular weight excluding hydrogens is 677 g/mol. The second-order valence-corrected chi connectivity index (χ2v) is 16.6. The molecule has 6 rings (SSSR count). The van der Waals surface area contributed by atoms with Crippen LogP contribution in [0.15, 0.2) is 128 Å². The number of carbonyl (C=O) groups excluding carboxylic acids is 2. The third kappa shape index (κ3) is 8.45. The van der Waals surface area contributed by atoms with Crippen LogP contribution in [0.3, 0.4) is 0 Å². The van der Waals surface area contributed by atoms with Crippen molar-refractivity contribution in [3.8, 4) is 0 Å². The number of carbonyl (C=O) groups is 2. The predicted molar refractivity (Wildman–Crippen MR) is 217 cm³/mol. The van der Waals surface area contributed by atoms with Crippen LogP contribution in [0.25, 0.3) is 10.9 Å². The van der Waals surface area contributed by atoms with Gasteiger partial charge in [-0.1, -0.05) is 129 Å². The normalized spacial score (nSPS) is 18.4. The minimum atomic E-state index is -0.937. The predicted octanol–water partition coefficient (Wildman–Crippen LogP) is 9.56. The fraction of sp³-hybridized carbons (Fsp3) is 0.356. The Hall–Kier alpha value is -4.66. The molecule has 2 heterocycles. The summed E-state index contributed by atoms with van der Waals surface area (Å²) in [5.74, 6) is -0.0923. The van der Waals surface area contributed by atoms with Crippen molar-refractivity contribution in [2.75, 3.05) is 13.1 Å². The van der Waals surface area contributed by atoms with E-state index < -0.39 is 28.1 Å². The third-order valence-corrected chi connectivity index (χ3v) is 11.6. The van der Waals surface area contributed by atoms with Crippen molar-refractivity contribution in [2.24, 2.45) is 0 Å². The van der Waals surface area contributed by atoms with E-state index in [2.05, 4.69) is 120 Å². The van der Waals surface area contributed by atoms with Gasteiger partial charge >= 0.3 is 6.09 Å². The van der Waals surface area contributed by atoms with Crippen molar-refractivity contribution in [1.82, 2.24) is 20.5 Å². The first-order valence-electron chi connectivity index (χ1n) is 18.8. The molecule has 5 aromatic rings. The van der Waals surface area contributed by atoms with E-state index >= 15 is 0 Å². The molecule has 3 atom stereocenters. The van der Waals surface area contributed by atoms with Gasteiger partial charge in [0.1, 0.15) is 11.3 Å². The Kier molecular flexibility index (Phi) is 11.9. The molecule has 1 fully saturated rings. The minimum absolute atomic E-state index is 0.00268. The molecule has 2 unspecified atom stereocenters. The standard InChI is InChI=1S/C45H52N4O3S/c1-6-7-28-44(48-42(51)52-43(3,4)5)39(49(31-30-47-44)41(50)38-27-17-19-34-20-18-29-46-40(34)38)32-33(2)53-45(35-21-11-8-12-22-35,36-23-13-9-14-24-36)37-25-15-10-16-26-37/h8-27,29,33,39,47H,6-7,28,30-32H2,1-5H3,(H,48,51)/t33-,39?,44?/m0/s1. The Morgan fingerprint density at radius 2 is 1.47 bits per heavy atom. The molecule has 0 radical (unpaired) electrons. The third-order valence-electron chi connectivity index (χ3n) is 9.98. The van der Waals surface area contributed by atoms with E-state index in [0.717, 1.165) is 18.2 Å². The van der Waals surface area contributed by atoms with Crippen LogP contribution in [0, 0.1) is 0 Å². The molecule has 7 nitrogen and oxygen atoms in total. The molecule has 1 saturated heterocycles. The lowest BCUT2D eigenvalue weighted by Gasteiger charge is -2.52. The maximum Gasteiger partial charge on any atom is 0.409 e. The lowest BCUT2D eigenvalue weighted by atomic mass is 9.84. The summed E-state index contributed by atoms with van der Waals surface area (Å²) in [7, 11) is 0. The number of benzene rings is 4. The van der Waals surface area contributed by atoms with Gasteiger partial charge < -0.3 is 15.0 Å². The first-order valence-corrected chi connectivity index (χ1v) is 19.7. The highest BCUT2D eigenvalue weighted by atomic mass is 32.2. The number of rotatable bonds is 12. The molecule has 1 aromatic heterocycles. The molecule has 0 bridgehead atoms. The largest absolute Gasteiger partial charge is 0.444 e. The van der Waals surface area contributed by atoms with Crippen LogP contribution in [-0.2, 0) is 9.48 Å². The first-order chi connectivity index (χ1) is 25.6. The van der Waals surface area contributed by atoms with Gasteiger partial charge in [-0.3, -0.25) is 15.1 Å². The number of fused-ring (bicyclic) bond motifs is 1. The Labute approximate surface area is 318 Å². The number of nitrogens with one attached hydrogen (secondary N) is 2. The van der Waals surface area contributed by atoms with Crippen molar-refractivity contribution in [3.63, 3.8) is 0 Å². The Bertz CT molecular complexity index is 1870. The average Bonchev–Trinajstić information content (AvgIpc) is 3.16. The van der Waals surface area contributed by atoms with E-state index in [9.17, 15) is 9.59 Å². The van der Waals surface area contributed by atoms with Gasteiger partial charge in [0, 0.05) is 29.9 Å². The SMILES string of the molecule is CCCCC1(NC(=O)OC(C)(C)C)NCCN(C(=O)c2cccc3cccnc23)C1C[C@H](C)SC(c1ccccc1)(c1ccccc1)c1ccccc1. The van der Waals surface area contributed by atoms with Crippen LogP contribution in [-0.4, -0.2) is 57.5 Å². The summed E-state index contributed by atoms with van der Waals surface area (Å²) < 4.78 is 5.33. The van der Waals surface area contributed by atoms with E-state index in [4.69, 9.17) is 4.74 Å². The summed E-state index contributed by atoms with van der Waals surface area (Å²) in [5.41, 5.74) is 3.14. The number of thioether (sulfide) groups is 1. The molecule has 2 N–H and O–H groups in total. The van der Waals surface area contributed by atoms with E-state index in [1.54, 1.807) is 6.20 Å². The first kappa shape index (κ1) is 38.1. The smallest absolute Gasteiger partial charge is 0.409 e. The van der Waals surface area contributed by atoms with Crippen LogP contribution < -0.4 is 10.6 Å². The maximum atomic E-state index is 14.9. The van der Waals surface area contributed by atoms with Gasteiger partial charge in [-0.25, -0.2) is 4.79 Å². The van der Waals surface area contributed by atoms with Crippen molar-refractivity contribution in [1.29, 1.82) is 0 Å². The molecule has 2 amide bonds. The Balaban J connectivity index is 1.47. The number of hydrogen-bond acceptors (Lipinski definition) is 6. The highest BCUT2D eigenvalue weighted by Crippen LogP contribution is 2.51. The monoisotopic (exact) mass is 728 g/mol. The van der Waals surface area contributed by atoms with Crippen LogP contribution in [0.2, 0.25) is 0 Å². The lowest BCUT2D eigenvalue weighted by Crippen LogP contribution is -2.75. The summed E-state index contributed by atoms with van der Waals surface area (Å²) in [4.78, 5) is 35.3. The summed E-state index contributed by atoms with van der Waals surface area (Å²) in [6.45, 7) is 11.0. The van der Waals surface area contributed by atoms with Crippen LogP contribution in [0.4, 0.5) is 4.79 Å². The molecule has 1 aliphatic rings. The van der Waals surface area contributed by atoms with Crippen molar-refractivity contribution >= 4 is 34.7 Å². The highest BCUT2D eigenvalue weighted by Gasteiger charge is 2.49. The summed E-state index contributed by atoms with van der Waals surface area (Å²) in [6, 6.07) is 41.3. The van der Waals surface area contributed by atoms with Crippen molar-refractivity contribution in [2.45, 2.75) is 87.6 Å². The van der Waals surface area contributed by atoms with Crippen LogP contribution >= 0.6 is 11.8 Å². The summed E-state index contributed by atoms with van der Waals surface area (Å²) >= 11 is 1.89. The van der Waals surface area contributed by atoms with Gasteiger partial charge in [0.2, 0.25) is 0 Å². The number of amides is 2. The number of nitrogens with zero attached hydrogens (tertiary/aromatic N) is 2. The average molecular weight is 729 g/mol. The molecule has 4 aromatic carbocycles. The van der Waals surface area contributed by atoms with Gasteiger partial charge in [0.15, 0.2) is 0 Å². The van der Waals surface area contributed by atoms with Crippen LogP contribution in [0.1, 0.15) is 87.4 Å². The molecule has 0 saturated carbocycles. The van der Waals surface area contributed by atoms with E-state index in [-0.39, 0.29) is 11.2 Å². The second-order valence-electron chi connectivity index (χ2n) is 15.0. The van der Waals surface area contributed by atoms with Crippen molar-refractivity contribution in [3.05, 3.63) is 150 Å². The Morgan fingerprint density at radius 1 is 0.887 bits per heavy atom. The minimum Gasteiger partial charge on any atom is -0.444 e. The number of piperazine rings is 1. The maximum absolute atomic E-state index is 14.9. The molecule has 0 aliphatic carbocycles. The zero-order valence-electron chi connectivity index (χ0n) is 31.5. The topological polar surface area (TPSA) is 83.6 Å².